The monoisotopic (exact) mass is 364 g/mol. The molecule has 1 aliphatic rings. The Morgan fingerprint density at radius 3 is 2.63 bits per heavy atom. The van der Waals surface area contributed by atoms with Crippen LogP contribution in [0.25, 0.3) is 11.1 Å². The van der Waals surface area contributed by atoms with Gasteiger partial charge < -0.3 is 10.2 Å². The van der Waals surface area contributed by atoms with Gasteiger partial charge in [0.2, 0.25) is 0 Å². The number of carbonyl (C=O) groups is 1. The maximum Gasteiger partial charge on any atom is 0.266 e. The molecule has 3 aromatic rings. The van der Waals surface area contributed by atoms with Crippen molar-refractivity contribution in [3.05, 3.63) is 78.0 Å². The van der Waals surface area contributed by atoms with E-state index in [1.165, 1.54) is 11.1 Å². The van der Waals surface area contributed by atoms with E-state index >= 15 is 0 Å². The second-order valence-electron chi connectivity index (χ2n) is 6.31. The van der Waals surface area contributed by atoms with E-state index in [9.17, 15) is 9.18 Å². The lowest BCUT2D eigenvalue weighted by Gasteiger charge is -2.26. The van der Waals surface area contributed by atoms with Gasteiger partial charge in [-0.25, -0.2) is 9.38 Å². The predicted octanol–water partition coefficient (Wildman–Crippen LogP) is 2.84. The van der Waals surface area contributed by atoms with Crippen LogP contribution in [-0.4, -0.2) is 28.8 Å². The number of nitrogens with two attached hydrogens (primary N) is 1. The molecule has 1 atom stereocenters. The second kappa shape index (κ2) is 6.35. The zero-order valence-electron chi connectivity index (χ0n) is 14.6. The molecule has 1 amide bonds. The summed E-state index contributed by atoms with van der Waals surface area (Å²) in [6.45, 7) is -0.678. The van der Waals surface area contributed by atoms with Crippen molar-refractivity contribution in [2.24, 2.45) is 10.7 Å². The third-order valence-electron chi connectivity index (χ3n) is 4.75. The molecule has 0 radical (unpaired) electrons. The van der Waals surface area contributed by atoms with Gasteiger partial charge >= 0.3 is 0 Å². The van der Waals surface area contributed by atoms with E-state index in [1.54, 1.807) is 31.7 Å². The van der Waals surface area contributed by atoms with E-state index in [1.807, 2.05) is 30.3 Å². The molecule has 0 saturated carbocycles. The molecular weight excluding hydrogens is 347 g/mol. The smallest absolute Gasteiger partial charge is 0.266 e. The maximum absolute atomic E-state index is 13.2. The van der Waals surface area contributed by atoms with E-state index in [0.717, 1.165) is 11.1 Å². The average molecular weight is 364 g/mol. The standard InChI is InChI=1S/C20H17FN4O2/c1-25-18(26)20(24-19(25)22,16-5-6-17(10-21)23-11-16)15-4-2-3-13(9-15)14-7-8-27-12-14/h2-9,11-12H,10H2,1H3,(H2,22,24). The molecule has 7 heteroatoms. The van der Waals surface area contributed by atoms with Gasteiger partial charge in [-0.15, -0.1) is 0 Å². The Labute approximate surface area is 155 Å². The van der Waals surface area contributed by atoms with E-state index in [0.29, 0.717) is 11.1 Å². The van der Waals surface area contributed by atoms with Gasteiger partial charge in [0.1, 0.15) is 6.67 Å². The van der Waals surface area contributed by atoms with Gasteiger partial charge in [0, 0.05) is 24.4 Å². The number of likely N-dealkylation sites (N-methyl/N-ethyl adjacent to an activating group) is 1. The van der Waals surface area contributed by atoms with Crippen LogP contribution >= 0.6 is 0 Å². The minimum atomic E-state index is -1.36. The van der Waals surface area contributed by atoms with Crippen molar-refractivity contribution in [2.45, 2.75) is 12.2 Å². The third-order valence-corrected chi connectivity index (χ3v) is 4.75. The van der Waals surface area contributed by atoms with Crippen molar-refractivity contribution in [3.8, 4) is 11.1 Å². The van der Waals surface area contributed by atoms with Crippen molar-refractivity contribution < 1.29 is 13.6 Å². The van der Waals surface area contributed by atoms with Crippen molar-refractivity contribution in [2.75, 3.05) is 7.05 Å². The minimum Gasteiger partial charge on any atom is -0.472 e. The Kier molecular flexibility index (Phi) is 3.99. The summed E-state index contributed by atoms with van der Waals surface area (Å²) in [4.78, 5) is 23.1. The van der Waals surface area contributed by atoms with Crippen LogP contribution in [0.3, 0.4) is 0 Å². The van der Waals surface area contributed by atoms with Crippen LogP contribution < -0.4 is 5.73 Å². The molecule has 2 N–H and O–H groups in total. The molecule has 3 heterocycles. The summed E-state index contributed by atoms with van der Waals surface area (Å²) in [6, 6.07) is 12.5. The van der Waals surface area contributed by atoms with Gasteiger partial charge in [-0.1, -0.05) is 24.3 Å². The number of nitrogens with zero attached hydrogens (tertiary/aromatic N) is 3. The van der Waals surface area contributed by atoms with Gasteiger partial charge in [0.25, 0.3) is 5.91 Å². The van der Waals surface area contributed by atoms with E-state index in [4.69, 9.17) is 10.2 Å². The van der Waals surface area contributed by atoms with Gasteiger partial charge in [-0.2, -0.15) is 0 Å². The Bertz CT molecular complexity index is 1010. The number of guanidine groups is 1. The average Bonchev–Trinajstić information content (AvgIpc) is 3.32. The van der Waals surface area contributed by atoms with Gasteiger partial charge in [0.05, 0.1) is 18.2 Å². The van der Waals surface area contributed by atoms with E-state index in [2.05, 4.69) is 9.98 Å². The highest BCUT2D eigenvalue weighted by molar-refractivity contribution is 6.09. The summed E-state index contributed by atoms with van der Waals surface area (Å²) in [7, 11) is 1.58. The number of aliphatic imine (C=N–C) groups is 1. The Hall–Kier alpha value is -3.48. The topological polar surface area (TPSA) is 84.7 Å². The summed E-state index contributed by atoms with van der Waals surface area (Å²) in [6.07, 6.45) is 4.69. The van der Waals surface area contributed by atoms with Crippen LogP contribution in [0.5, 0.6) is 0 Å². The number of amides is 1. The normalized spacial score (nSPS) is 19.4. The third kappa shape index (κ3) is 2.59. The summed E-state index contributed by atoms with van der Waals surface area (Å²) < 4.78 is 18.0. The van der Waals surface area contributed by atoms with E-state index in [-0.39, 0.29) is 17.6 Å². The number of alkyl halides is 1. The Morgan fingerprint density at radius 1 is 1.19 bits per heavy atom. The molecule has 1 aromatic carbocycles. The first kappa shape index (κ1) is 17.0. The molecule has 27 heavy (non-hydrogen) atoms. The molecule has 0 fully saturated rings. The first-order valence-electron chi connectivity index (χ1n) is 8.34. The maximum atomic E-state index is 13.2. The quantitative estimate of drug-likeness (QED) is 0.771. The molecule has 1 aliphatic heterocycles. The summed E-state index contributed by atoms with van der Waals surface area (Å²) in [5.41, 5.74) is 7.83. The number of furan rings is 1. The SMILES string of the molecule is CN1C(=O)C(c2ccc(CF)nc2)(c2cccc(-c3ccoc3)c2)N=C1N. The minimum absolute atomic E-state index is 0.114. The van der Waals surface area contributed by atoms with Crippen LogP contribution in [0, 0.1) is 0 Å². The number of halogens is 1. The number of hydrogen-bond donors (Lipinski definition) is 1. The molecule has 0 spiro atoms. The molecule has 0 aliphatic carbocycles. The first-order valence-corrected chi connectivity index (χ1v) is 8.34. The molecule has 0 saturated heterocycles. The van der Waals surface area contributed by atoms with E-state index < -0.39 is 12.2 Å². The lowest BCUT2D eigenvalue weighted by Crippen LogP contribution is -2.41. The highest BCUT2D eigenvalue weighted by atomic mass is 19.1. The zero-order chi connectivity index (χ0) is 19.0. The lowest BCUT2D eigenvalue weighted by molar-refractivity contribution is -0.129. The van der Waals surface area contributed by atoms with Crippen LogP contribution in [0.15, 0.2) is 70.6 Å². The molecular formula is C20H17FN4O2. The van der Waals surface area contributed by atoms with Gasteiger partial charge in [-0.05, 0) is 29.3 Å². The second-order valence-corrected chi connectivity index (χ2v) is 6.31. The number of rotatable bonds is 4. The molecule has 4 rings (SSSR count). The number of hydrogen-bond acceptors (Lipinski definition) is 5. The fourth-order valence-corrected chi connectivity index (χ4v) is 3.25. The van der Waals surface area contributed by atoms with Crippen LogP contribution in [-0.2, 0) is 17.0 Å². The Balaban J connectivity index is 1.92. The molecule has 1 unspecified atom stereocenters. The highest BCUT2D eigenvalue weighted by Gasteiger charge is 2.49. The summed E-state index contributed by atoms with van der Waals surface area (Å²) in [5, 5.41) is 0. The number of carbonyl (C=O) groups excluding carboxylic acids is 1. The number of aromatic nitrogens is 1. The van der Waals surface area contributed by atoms with Gasteiger partial charge in [-0.3, -0.25) is 14.7 Å². The van der Waals surface area contributed by atoms with Crippen LogP contribution in [0.4, 0.5) is 4.39 Å². The fraction of sp³-hybridized carbons (Fsp3) is 0.150. The molecule has 2 aromatic heterocycles. The fourth-order valence-electron chi connectivity index (χ4n) is 3.25. The number of benzene rings is 1. The first-order chi connectivity index (χ1) is 13.1. The van der Waals surface area contributed by atoms with Crippen LogP contribution in [0.2, 0.25) is 0 Å². The van der Waals surface area contributed by atoms with Crippen molar-refractivity contribution >= 4 is 11.9 Å². The van der Waals surface area contributed by atoms with Crippen molar-refractivity contribution in [1.82, 2.24) is 9.88 Å². The molecule has 136 valence electrons. The van der Waals surface area contributed by atoms with Crippen LogP contribution in [0.1, 0.15) is 16.8 Å². The molecule has 6 nitrogen and oxygen atoms in total. The Morgan fingerprint density at radius 2 is 2.04 bits per heavy atom. The summed E-state index contributed by atoms with van der Waals surface area (Å²) >= 11 is 0. The van der Waals surface area contributed by atoms with Gasteiger partial charge in [0.15, 0.2) is 11.5 Å². The van der Waals surface area contributed by atoms with Crippen molar-refractivity contribution in [1.29, 1.82) is 0 Å². The zero-order valence-corrected chi connectivity index (χ0v) is 14.6. The predicted molar refractivity (Wildman–Crippen MR) is 98.4 cm³/mol. The largest absolute Gasteiger partial charge is 0.472 e. The molecule has 0 bridgehead atoms. The number of pyridine rings is 1. The summed E-state index contributed by atoms with van der Waals surface area (Å²) in [5.74, 6) is -0.178. The highest BCUT2D eigenvalue weighted by Crippen LogP contribution is 2.40. The lowest BCUT2D eigenvalue weighted by atomic mass is 9.82. The van der Waals surface area contributed by atoms with Crippen molar-refractivity contribution in [3.63, 3.8) is 0 Å².